The molecule has 1 aromatic carbocycles. The molecule has 0 unspecified atom stereocenters. The van der Waals surface area contributed by atoms with E-state index >= 15 is 0 Å². The normalized spacial score (nSPS) is 11.0. The molecule has 1 aromatic heterocycles. The highest BCUT2D eigenvalue weighted by Gasteiger charge is 2.23. The molecule has 15 heteroatoms. The molecule has 0 bridgehead atoms. The largest absolute Gasteiger partial charge is 0.467 e. The van der Waals surface area contributed by atoms with E-state index in [9.17, 15) is 28.1 Å². The Morgan fingerprint density at radius 1 is 1.36 bits per heavy atom. The number of rotatable bonds is 12. The molecule has 0 aliphatic carbocycles. The van der Waals surface area contributed by atoms with Crippen LogP contribution in [0.3, 0.4) is 0 Å². The minimum Gasteiger partial charge on any atom is -0.467 e. The minimum absolute atomic E-state index is 0.0969. The first kappa shape index (κ1) is 25.9. The first-order valence-electron chi connectivity index (χ1n) is 9.37. The van der Waals surface area contributed by atoms with Crippen molar-refractivity contribution >= 4 is 39.2 Å². The average molecular weight is 505 g/mol. The zero-order chi connectivity index (χ0) is 24.6. The maximum Gasteiger partial charge on any atom is 0.340 e. The molecule has 0 spiro atoms. The summed E-state index contributed by atoms with van der Waals surface area (Å²) in [5.41, 5.74) is -0.115. The van der Waals surface area contributed by atoms with Crippen LogP contribution in [-0.2, 0) is 30.9 Å². The third-order valence-electron chi connectivity index (χ3n) is 4.25. The van der Waals surface area contributed by atoms with Gasteiger partial charge in [0.25, 0.3) is 11.0 Å². The van der Waals surface area contributed by atoms with Gasteiger partial charge in [-0.15, -0.1) is 10.1 Å². The zero-order valence-electron chi connectivity index (χ0n) is 17.4. The van der Waals surface area contributed by atoms with Crippen molar-refractivity contribution in [3.05, 3.63) is 57.0 Å². The van der Waals surface area contributed by atoms with E-state index in [1.807, 2.05) is 0 Å². The Bertz CT molecular complexity index is 1110. The van der Waals surface area contributed by atoms with Crippen molar-refractivity contribution in [2.75, 3.05) is 31.6 Å². The molecular weight excluding hydrogens is 484 g/mol. The number of primary sulfonamides is 1. The molecule has 2 aromatic rings. The number of esters is 1. The van der Waals surface area contributed by atoms with Crippen LogP contribution in [0, 0.1) is 10.1 Å². The molecule has 3 N–H and O–H groups in total. The maximum absolute atomic E-state index is 12.7. The van der Waals surface area contributed by atoms with Crippen LogP contribution in [0.25, 0.3) is 0 Å². The lowest BCUT2D eigenvalue weighted by atomic mass is 10.1. The van der Waals surface area contributed by atoms with Crippen molar-refractivity contribution in [3.8, 4) is 0 Å². The van der Waals surface area contributed by atoms with Gasteiger partial charge < -0.3 is 24.2 Å². The Morgan fingerprint density at radius 3 is 2.67 bits per heavy atom. The van der Waals surface area contributed by atoms with Crippen LogP contribution in [0.4, 0.5) is 5.69 Å². The highest BCUT2D eigenvalue weighted by atomic mass is 35.5. The second-order valence-corrected chi connectivity index (χ2v) is 8.35. The van der Waals surface area contributed by atoms with Gasteiger partial charge >= 0.3 is 5.97 Å². The number of amides is 1. The van der Waals surface area contributed by atoms with E-state index < -0.39 is 38.5 Å². The van der Waals surface area contributed by atoms with Gasteiger partial charge in [0.2, 0.25) is 10.0 Å². The summed E-state index contributed by atoms with van der Waals surface area (Å²) in [6.07, 6.45) is 1.45. The number of halogens is 1. The monoisotopic (exact) mass is 504 g/mol. The number of anilines is 1. The van der Waals surface area contributed by atoms with Crippen molar-refractivity contribution in [1.29, 1.82) is 0 Å². The molecule has 2 rings (SSSR count). The van der Waals surface area contributed by atoms with Gasteiger partial charge in [-0.2, -0.15) is 0 Å². The zero-order valence-corrected chi connectivity index (χ0v) is 18.9. The number of nitrogens with one attached hydrogen (secondary N) is 1. The number of hydrogen-bond acceptors (Lipinski definition) is 10. The van der Waals surface area contributed by atoms with E-state index in [0.29, 0.717) is 5.76 Å². The third kappa shape index (κ3) is 7.62. The summed E-state index contributed by atoms with van der Waals surface area (Å²) in [7, 11) is -4.26. The van der Waals surface area contributed by atoms with Gasteiger partial charge in [0, 0.05) is 13.1 Å². The number of benzene rings is 1. The Morgan fingerprint density at radius 2 is 2.09 bits per heavy atom. The number of likely N-dealkylation sites (N-methyl/N-ethyl adjacent to an activating group) is 1. The van der Waals surface area contributed by atoms with Crippen molar-refractivity contribution in [2.24, 2.45) is 5.14 Å². The third-order valence-corrected chi connectivity index (χ3v) is 5.63. The van der Waals surface area contributed by atoms with Crippen LogP contribution in [0.15, 0.2) is 39.8 Å². The average Bonchev–Trinajstić information content (AvgIpc) is 3.26. The Hall–Kier alpha value is -3.36. The molecule has 0 atom stereocenters. The fraction of sp³-hybridized carbons (Fsp3) is 0.333. The van der Waals surface area contributed by atoms with E-state index in [0.717, 1.165) is 6.07 Å². The molecule has 0 radical (unpaired) electrons. The number of carbonyl (C=O) groups is 2. The van der Waals surface area contributed by atoms with Crippen molar-refractivity contribution in [3.63, 3.8) is 0 Å². The Balaban J connectivity index is 2.18. The fourth-order valence-corrected chi connectivity index (χ4v) is 3.76. The summed E-state index contributed by atoms with van der Waals surface area (Å²) >= 11 is 6.01. The number of ether oxygens (including phenoxy) is 1. The number of sulfonamides is 1. The summed E-state index contributed by atoms with van der Waals surface area (Å²) in [6.45, 7) is 0.800. The van der Waals surface area contributed by atoms with Gasteiger partial charge in [-0.3, -0.25) is 4.79 Å². The van der Waals surface area contributed by atoms with Gasteiger partial charge in [-0.05, 0) is 31.2 Å². The van der Waals surface area contributed by atoms with Crippen LogP contribution in [0.1, 0.15) is 23.0 Å². The van der Waals surface area contributed by atoms with Crippen LogP contribution in [0.5, 0.6) is 0 Å². The summed E-state index contributed by atoms with van der Waals surface area (Å²) in [4.78, 5) is 40.1. The lowest BCUT2D eigenvalue weighted by Crippen LogP contribution is -2.37. The van der Waals surface area contributed by atoms with E-state index in [1.54, 1.807) is 19.1 Å². The predicted octanol–water partition coefficient (Wildman–Crippen LogP) is 1.41. The molecule has 0 aliphatic rings. The molecular formula is C18H21ClN4O9S. The highest BCUT2D eigenvalue weighted by Crippen LogP contribution is 2.29. The number of furan rings is 1. The van der Waals surface area contributed by atoms with E-state index in [2.05, 4.69) is 10.2 Å². The summed E-state index contributed by atoms with van der Waals surface area (Å²) < 4.78 is 33.9. The molecule has 0 saturated carbocycles. The molecule has 180 valence electrons. The van der Waals surface area contributed by atoms with Crippen LogP contribution in [0.2, 0.25) is 5.02 Å². The van der Waals surface area contributed by atoms with Crippen molar-refractivity contribution in [2.45, 2.75) is 18.4 Å². The quantitative estimate of drug-likeness (QED) is 0.243. The van der Waals surface area contributed by atoms with Crippen molar-refractivity contribution < 1.29 is 37.1 Å². The molecule has 0 fully saturated rings. The lowest BCUT2D eigenvalue weighted by molar-refractivity contribution is -0.757. The molecule has 0 saturated heterocycles. The maximum atomic E-state index is 12.7. The minimum atomic E-state index is -4.26. The molecule has 0 aliphatic heterocycles. The van der Waals surface area contributed by atoms with E-state index in [1.165, 1.54) is 17.2 Å². The highest BCUT2D eigenvalue weighted by molar-refractivity contribution is 7.89. The SMILES string of the molecule is CCN(CCO[N+](=O)[O-])C(=O)COC(=O)c1cc(S(N)(=O)=O)c(Cl)cc1NCc1ccco1. The lowest BCUT2D eigenvalue weighted by Gasteiger charge is -2.20. The molecule has 1 amide bonds. The Kier molecular flexibility index (Phi) is 9.02. The molecule has 33 heavy (non-hydrogen) atoms. The number of nitrogens with zero attached hydrogens (tertiary/aromatic N) is 2. The Labute approximate surface area is 193 Å². The van der Waals surface area contributed by atoms with E-state index in [4.69, 9.17) is 25.9 Å². The van der Waals surface area contributed by atoms with Gasteiger partial charge in [0.05, 0.1) is 29.1 Å². The summed E-state index contributed by atoms with van der Waals surface area (Å²) in [5, 5.41) is 17.1. The summed E-state index contributed by atoms with van der Waals surface area (Å²) in [6, 6.07) is 5.46. The first-order valence-corrected chi connectivity index (χ1v) is 11.3. The predicted molar refractivity (Wildman–Crippen MR) is 114 cm³/mol. The van der Waals surface area contributed by atoms with E-state index in [-0.39, 0.29) is 42.5 Å². The van der Waals surface area contributed by atoms with Gasteiger partial charge in [-0.1, -0.05) is 11.6 Å². The topological polar surface area (TPSA) is 184 Å². The van der Waals surface area contributed by atoms with Crippen LogP contribution in [-0.4, -0.2) is 56.6 Å². The van der Waals surface area contributed by atoms with Crippen LogP contribution < -0.4 is 10.5 Å². The number of carbonyl (C=O) groups excluding carboxylic acids is 2. The summed E-state index contributed by atoms with van der Waals surface area (Å²) in [5.74, 6) is -1.14. The second-order valence-electron chi connectivity index (χ2n) is 6.41. The second kappa shape index (κ2) is 11.5. The van der Waals surface area contributed by atoms with Gasteiger partial charge in [0.1, 0.15) is 17.3 Å². The molecule has 13 nitrogen and oxygen atoms in total. The number of nitrogens with two attached hydrogens (primary N) is 1. The standard InChI is InChI=1S/C18H21ClN4O9S/c1-2-22(5-7-32-23(26)27)17(24)11-31-18(25)13-8-16(33(20,28)29)14(19)9-15(13)21-10-12-4-3-6-30-12/h3-4,6,8-9,21H,2,5,7,10-11H2,1H3,(H2,20,28,29). The fourth-order valence-electron chi connectivity index (χ4n) is 2.66. The van der Waals surface area contributed by atoms with Crippen molar-refractivity contribution in [1.82, 2.24) is 4.90 Å². The number of hydrogen-bond donors (Lipinski definition) is 2. The first-order chi connectivity index (χ1) is 15.5. The molecule has 1 heterocycles. The smallest absolute Gasteiger partial charge is 0.340 e. The van der Waals surface area contributed by atoms with Gasteiger partial charge in [-0.25, -0.2) is 18.4 Å². The van der Waals surface area contributed by atoms with Crippen LogP contribution >= 0.6 is 11.6 Å². The van der Waals surface area contributed by atoms with Gasteiger partial charge in [0.15, 0.2) is 6.61 Å².